The van der Waals surface area contributed by atoms with Crippen molar-refractivity contribution in [2.24, 2.45) is 0 Å². The van der Waals surface area contributed by atoms with E-state index < -0.39 is 30.1 Å². The normalized spacial score (nSPS) is 17.8. The highest BCUT2D eigenvalue weighted by Crippen LogP contribution is 2.44. The highest BCUT2D eigenvalue weighted by Gasteiger charge is 2.38. The predicted molar refractivity (Wildman–Crippen MR) is 121 cm³/mol. The number of nitrogens with zero attached hydrogens (tertiary/aromatic N) is 1. The zero-order chi connectivity index (χ0) is 23.4. The van der Waals surface area contributed by atoms with E-state index in [1.165, 1.54) is 12.0 Å². The van der Waals surface area contributed by atoms with Gasteiger partial charge >= 0.3 is 12.1 Å². The van der Waals surface area contributed by atoms with Gasteiger partial charge in [0.05, 0.1) is 0 Å². The quantitative estimate of drug-likeness (QED) is 0.638. The first-order chi connectivity index (χ1) is 16.0. The summed E-state index contributed by atoms with van der Waals surface area (Å²) in [5, 5.41) is 12.0. The molecular weight excluding hydrogens is 424 g/mol. The van der Waals surface area contributed by atoms with Gasteiger partial charge < -0.3 is 24.8 Å². The van der Waals surface area contributed by atoms with Crippen molar-refractivity contribution in [3.05, 3.63) is 59.7 Å². The molecule has 0 spiro atoms. The Bertz CT molecular complexity index is 994. The first kappa shape index (κ1) is 22.8. The lowest BCUT2D eigenvalue weighted by Crippen LogP contribution is -2.52. The summed E-state index contributed by atoms with van der Waals surface area (Å²) in [6.45, 7) is 0.726. The summed E-state index contributed by atoms with van der Waals surface area (Å²) in [7, 11) is 1.50. The van der Waals surface area contributed by atoms with E-state index in [0.29, 0.717) is 19.4 Å². The van der Waals surface area contributed by atoms with Crippen LogP contribution < -0.4 is 5.32 Å². The number of carbonyl (C=O) groups excluding carboxylic acids is 2. The molecule has 2 N–H and O–H groups in total. The SMILES string of the molecule is COCCC(NC(=O)OCC1c2ccccc2-c2ccccc21)C(=O)N1CCC[C@@H]1C(=O)O. The molecule has 0 aromatic heterocycles. The fraction of sp³-hybridized carbons (Fsp3) is 0.400. The molecule has 1 aliphatic carbocycles. The number of ether oxygens (including phenoxy) is 2. The molecule has 1 unspecified atom stereocenters. The van der Waals surface area contributed by atoms with Crippen LogP contribution in [0.3, 0.4) is 0 Å². The number of aliphatic carboxylic acids is 1. The summed E-state index contributed by atoms with van der Waals surface area (Å²) in [4.78, 5) is 38.5. The van der Waals surface area contributed by atoms with Crippen molar-refractivity contribution in [2.45, 2.75) is 37.3 Å². The Kier molecular flexibility index (Phi) is 6.93. The van der Waals surface area contributed by atoms with Crippen LogP contribution >= 0.6 is 0 Å². The van der Waals surface area contributed by atoms with Crippen molar-refractivity contribution in [3.63, 3.8) is 0 Å². The number of hydrogen-bond acceptors (Lipinski definition) is 5. The van der Waals surface area contributed by atoms with Crippen LogP contribution in [0.4, 0.5) is 4.79 Å². The standard InChI is InChI=1S/C25H28N2O6/c1-32-14-12-21(23(28)27-13-6-11-22(27)24(29)30)26-25(31)33-15-20-18-9-4-2-7-16(18)17-8-3-5-10-19(17)20/h2-5,7-10,20-22H,6,11-15H2,1H3,(H,26,31)(H,29,30)/t21?,22-/m1/s1. The molecule has 2 atom stereocenters. The van der Waals surface area contributed by atoms with Crippen LogP contribution in [0.15, 0.2) is 48.5 Å². The van der Waals surface area contributed by atoms with Gasteiger partial charge in [-0.15, -0.1) is 0 Å². The van der Waals surface area contributed by atoms with Crippen LogP contribution in [0.25, 0.3) is 11.1 Å². The van der Waals surface area contributed by atoms with Crippen LogP contribution in [-0.2, 0) is 19.1 Å². The maximum Gasteiger partial charge on any atom is 0.407 e. The highest BCUT2D eigenvalue weighted by atomic mass is 16.5. The number of carboxylic acid groups (broad SMARTS) is 1. The lowest BCUT2D eigenvalue weighted by atomic mass is 9.98. The number of carbonyl (C=O) groups is 3. The van der Waals surface area contributed by atoms with Gasteiger partial charge in [0, 0.05) is 32.6 Å². The second-order valence-electron chi connectivity index (χ2n) is 8.33. The molecule has 2 aliphatic rings. The molecule has 33 heavy (non-hydrogen) atoms. The van der Waals surface area contributed by atoms with Crippen molar-refractivity contribution < 1.29 is 29.0 Å². The van der Waals surface area contributed by atoms with E-state index in [1.807, 2.05) is 36.4 Å². The first-order valence-electron chi connectivity index (χ1n) is 11.1. The van der Waals surface area contributed by atoms with Crippen molar-refractivity contribution in [3.8, 4) is 11.1 Å². The number of carboxylic acids is 1. The molecule has 8 nitrogen and oxygen atoms in total. The van der Waals surface area contributed by atoms with Crippen LogP contribution in [0.2, 0.25) is 0 Å². The Morgan fingerprint density at radius 2 is 1.73 bits per heavy atom. The third-order valence-corrected chi connectivity index (χ3v) is 6.37. The topological polar surface area (TPSA) is 105 Å². The summed E-state index contributed by atoms with van der Waals surface area (Å²) in [5.41, 5.74) is 4.45. The van der Waals surface area contributed by atoms with E-state index in [0.717, 1.165) is 22.3 Å². The number of likely N-dealkylation sites (tertiary alicyclic amines) is 1. The minimum absolute atomic E-state index is 0.0914. The van der Waals surface area contributed by atoms with E-state index in [4.69, 9.17) is 9.47 Å². The molecule has 8 heteroatoms. The molecule has 0 bridgehead atoms. The average molecular weight is 453 g/mol. The second kappa shape index (κ2) is 10.0. The van der Waals surface area contributed by atoms with E-state index in [9.17, 15) is 19.5 Å². The number of rotatable bonds is 8. The number of hydrogen-bond donors (Lipinski definition) is 2. The summed E-state index contributed by atoms with van der Waals surface area (Å²) in [5.74, 6) is -1.55. The van der Waals surface area contributed by atoms with Gasteiger partial charge in [0.2, 0.25) is 5.91 Å². The molecule has 4 rings (SSSR count). The molecule has 0 saturated carbocycles. The number of methoxy groups -OCH3 is 1. The van der Waals surface area contributed by atoms with Crippen LogP contribution in [0.5, 0.6) is 0 Å². The fourth-order valence-corrected chi connectivity index (χ4v) is 4.76. The van der Waals surface area contributed by atoms with Gasteiger partial charge in [-0.2, -0.15) is 0 Å². The molecular formula is C25H28N2O6. The number of amides is 2. The van der Waals surface area contributed by atoms with Crippen LogP contribution in [-0.4, -0.2) is 66.9 Å². The lowest BCUT2D eigenvalue weighted by molar-refractivity contribution is -0.149. The van der Waals surface area contributed by atoms with E-state index in [-0.39, 0.29) is 25.6 Å². The molecule has 1 saturated heterocycles. The highest BCUT2D eigenvalue weighted by molar-refractivity contribution is 5.89. The van der Waals surface area contributed by atoms with E-state index in [1.54, 1.807) is 0 Å². The number of benzene rings is 2. The molecule has 2 amide bonds. The summed E-state index contributed by atoms with van der Waals surface area (Å²) < 4.78 is 10.6. The fourth-order valence-electron chi connectivity index (χ4n) is 4.76. The number of alkyl carbamates (subject to hydrolysis) is 1. The molecule has 1 heterocycles. The van der Waals surface area contributed by atoms with E-state index in [2.05, 4.69) is 17.4 Å². The Hall–Kier alpha value is -3.39. The lowest BCUT2D eigenvalue weighted by Gasteiger charge is -2.27. The largest absolute Gasteiger partial charge is 0.480 e. The van der Waals surface area contributed by atoms with Gasteiger partial charge in [0.25, 0.3) is 0 Å². The number of fused-ring (bicyclic) bond motifs is 3. The van der Waals surface area contributed by atoms with Crippen LogP contribution in [0, 0.1) is 0 Å². The minimum atomic E-state index is -1.03. The number of nitrogens with one attached hydrogen (secondary N) is 1. The third-order valence-electron chi connectivity index (χ3n) is 6.37. The third kappa shape index (κ3) is 4.71. The van der Waals surface area contributed by atoms with E-state index >= 15 is 0 Å². The van der Waals surface area contributed by atoms with Crippen molar-refractivity contribution in [2.75, 3.05) is 26.9 Å². The molecule has 0 radical (unpaired) electrons. The van der Waals surface area contributed by atoms with Gasteiger partial charge in [-0.05, 0) is 35.1 Å². The zero-order valence-corrected chi connectivity index (χ0v) is 18.5. The first-order valence-corrected chi connectivity index (χ1v) is 11.1. The van der Waals surface area contributed by atoms with Crippen molar-refractivity contribution >= 4 is 18.0 Å². The van der Waals surface area contributed by atoms with Gasteiger partial charge in [-0.1, -0.05) is 48.5 Å². The predicted octanol–water partition coefficient (Wildman–Crippen LogP) is 3.01. The molecule has 1 aliphatic heterocycles. The van der Waals surface area contributed by atoms with Gasteiger partial charge in [-0.3, -0.25) is 4.79 Å². The maximum absolute atomic E-state index is 13.0. The Morgan fingerprint density at radius 3 is 2.33 bits per heavy atom. The van der Waals surface area contributed by atoms with Crippen molar-refractivity contribution in [1.82, 2.24) is 10.2 Å². The second-order valence-corrected chi connectivity index (χ2v) is 8.33. The van der Waals surface area contributed by atoms with Crippen molar-refractivity contribution in [1.29, 1.82) is 0 Å². The van der Waals surface area contributed by atoms with Gasteiger partial charge in [0.1, 0.15) is 18.7 Å². The maximum atomic E-state index is 13.0. The average Bonchev–Trinajstić information content (AvgIpc) is 3.43. The summed E-state index contributed by atoms with van der Waals surface area (Å²) in [6.07, 6.45) is 0.535. The monoisotopic (exact) mass is 452 g/mol. The Balaban J connectivity index is 1.43. The van der Waals surface area contributed by atoms with Gasteiger partial charge in [0.15, 0.2) is 0 Å². The molecule has 2 aromatic rings. The van der Waals surface area contributed by atoms with Crippen LogP contribution in [0.1, 0.15) is 36.3 Å². The molecule has 2 aromatic carbocycles. The molecule has 174 valence electrons. The Labute approximate surface area is 192 Å². The molecule has 1 fully saturated rings. The Morgan fingerprint density at radius 1 is 1.09 bits per heavy atom. The summed E-state index contributed by atoms with van der Waals surface area (Å²) >= 11 is 0. The summed E-state index contributed by atoms with van der Waals surface area (Å²) in [6, 6.07) is 14.3. The zero-order valence-electron chi connectivity index (χ0n) is 18.5. The smallest absolute Gasteiger partial charge is 0.407 e. The van der Waals surface area contributed by atoms with Gasteiger partial charge in [-0.25, -0.2) is 9.59 Å². The minimum Gasteiger partial charge on any atom is -0.480 e.